The number of alkyl halides is 3. The van der Waals surface area contributed by atoms with Crippen molar-refractivity contribution in [2.75, 3.05) is 6.54 Å². The van der Waals surface area contributed by atoms with Gasteiger partial charge in [-0.2, -0.15) is 13.2 Å². The van der Waals surface area contributed by atoms with Gasteiger partial charge in [0.05, 0.1) is 5.56 Å². The van der Waals surface area contributed by atoms with Crippen LogP contribution in [0, 0.1) is 0 Å². The number of benzene rings is 1. The Hall–Kier alpha value is -1.11. The van der Waals surface area contributed by atoms with Gasteiger partial charge in [-0.3, -0.25) is 11.3 Å². The molecule has 0 spiro atoms. The first-order valence-corrected chi connectivity index (χ1v) is 4.61. The smallest absolute Gasteiger partial charge is 0.384 e. The van der Waals surface area contributed by atoms with Crippen LogP contribution in [0.5, 0.6) is 0 Å². The number of nitrogens with one attached hydrogen (secondary N) is 1. The SMILES string of the molecule is CC(O)(CNN)c1cccc(C(F)(F)F)c1. The van der Waals surface area contributed by atoms with Crippen molar-refractivity contribution in [2.45, 2.75) is 18.7 Å². The molecule has 1 unspecified atom stereocenters. The number of rotatable bonds is 3. The van der Waals surface area contributed by atoms with Gasteiger partial charge < -0.3 is 5.11 Å². The summed E-state index contributed by atoms with van der Waals surface area (Å²) in [4.78, 5) is 0. The lowest BCUT2D eigenvalue weighted by molar-refractivity contribution is -0.137. The second kappa shape index (κ2) is 4.40. The highest BCUT2D eigenvalue weighted by atomic mass is 19.4. The molecule has 3 nitrogen and oxygen atoms in total. The molecule has 0 bridgehead atoms. The minimum atomic E-state index is -4.41. The first-order chi connectivity index (χ1) is 7.27. The Kier molecular flexibility index (Phi) is 3.57. The van der Waals surface area contributed by atoms with Gasteiger partial charge in [-0.25, -0.2) is 0 Å². The monoisotopic (exact) mass is 234 g/mol. The van der Waals surface area contributed by atoms with E-state index in [0.29, 0.717) is 0 Å². The summed E-state index contributed by atoms with van der Waals surface area (Å²) in [6, 6.07) is 4.54. The predicted molar refractivity (Wildman–Crippen MR) is 53.2 cm³/mol. The zero-order valence-electron chi connectivity index (χ0n) is 8.67. The van der Waals surface area contributed by atoms with Crippen LogP contribution < -0.4 is 11.3 Å². The maximum Gasteiger partial charge on any atom is 0.416 e. The highest BCUT2D eigenvalue weighted by Crippen LogP contribution is 2.31. The molecule has 0 saturated carbocycles. The Labute approximate surface area is 91.0 Å². The normalized spacial score (nSPS) is 15.9. The van der Waals surface area contributed by atoms with Crippen molar-refractivity contribution in [1.29, 1.82) is 0 Å². The fourth-order valence-corrected chi connectivity index (χ4v) is 1.33. The average Bonchev–Trinajstić information content (AvgIpc) is 2.16. The number of hydrazine groups is 1. The fraction of sp³-hybridized carbons (Fsp3) is 0.400. The van der Waals surface area contributed by atoms with Crippen LogP contribution in [0.3, 0.4) is 0 Å². The molecule has 0 aliphatic heterocycles. The van der Waals surface area contributed by atoms with E-state index in [-0.39, 0.29) is 12.1 Å². The van der Waals surface area contributed by atoms with Gasteiger partial charge in [-0.1, -0.05) is 12.1 Å². The fourth-order valence-electron chi connectivity index (χ4n) is 1.33. The Morgan fingerprint density at radius 1 is 1.31 bits per heavy atom. The van der Waals surface area contributed by atoms with Crippen LogP contribution in [0.15, 0.2) is 24.3 Å². The van der Waals surface area contributed by atoms with Crippen LogP contribution in [0.25, 0.3) is 0 Å². The molecule has 4 N–H and O–H groups in total. The van der Waals surface area contributed by atoms with E-state index in [0.717, 1.165) is 12.1 Å². The molecule has 0 saturated heterocycles. The van der Waals surface area contributed by atoms with E-state index in [1.807, 2.05) is 0 Å². The molecule has 1 aromatic rings. The Morgan fingerprint density at radius 3 is 2.38 bits per heavy atom. The van der Waals surface area contributed by atoms with Crippen molar-refractivity contribution in [3.05, 3.63) is 35.4 Å². The standard InChI is InChI=1S/C10H13F3N2O/c1-9(16,6-15-14)7-3-2-4-8(5-7)10(11,12)13/h2-5,15-16H,6,14H2,1H3. The van der Waals surface area contributed by atoms with E-state index in [9.17, 15) is 18.3 Å². The number of nitrogens with two attached hydrogens (primary N) is 1. The van der Waals surface area contributed by atoms with Crippen molar-refractivity contribution in [1.82, 2.24) is 5.43 Å². The van der Waals surface area contributed by atoms with E-state index in [2.05, 4.69) is 5.43 Å². The Morgan fingerprint density at radius 2 is 1.88 bits per heavy atom. The predicted octanol–water partition coefficient (Wildman–Crippen LogP) is 1.38. The van der Waals surface area contributed by atoms with Gasteiger partial charge in [0.25, 0.3) is 0 Å². The number of aliphatic hydroxyl groups is 1. The first kappa shape index (κ1) is 13.0. The van der Waals surface area contributed by atoms with Gasteiger partial charge in [0.2, 0.25) is 0 Å². The molecular formula is C10H13F3N2O. The molecule has 1 atom stereocenters. The lowest BCUT2D eigenvalue weighted by Gasteiger charge is -2.24. The molecule has 0 amide bonds. The maximum atomic E-state index is 12.4. The maximum absolute atomic E-state index is 12.4. The van der Waals surface area contributed by atoms with Crippen molar-refractivity contribution >= 4 is 0 Å². The quantitative estimate of drug-likeness (QED) is 0.547. The van der Waals surface area contributed by atoms with Crippen LogP contribution in [-0.4, -0.2) is 11.7 Å². The number of hydrogen-bond acceptors (Lipinski definition) is 3. The van der Waals surface area contributed by atoms with E-state index < -0.39 is 17.3 Å². The summed E-state index contributed by atoms with van der Waals surface area (Å²) in [6.45, 7) is 1.36. The van der Waals surface area contributed by atoms with Crippen molar-refractivity contribution < 1.29 is 18.3 Å². The van der Waals surface area contributed by atoms with Gasteiger partial charge in [0, 0.05) is 6.54 Å². The molecule has 6 heteroatoms. The minimum absolute atomic E-state index is 0.0334. The molecule has 0 fully saturated rings. The molecule has 0 aliphatic carbocycles. The van der Waals surface area contributed by atoms with Crippen LogP contribution in [0.1, 0.15) is 18.1 Å². The third kappa shape index (κ3) is 2.94. The Balaban J connectivity index is 3.08. The summed E-state index contributed by atoms with van der Waals surface area (Å²) >= 11 is 0. The van der Waals surface area contributed by atoms with Crippen molar-refractivity contribution in [2.24, 2.45) is 5.84 Å². The van der Waals surface area contributed by atoms with Crippen molar-refractivity contribution in [3.63, 3.8) is 0 Å². The lowest BCUT2D eigenvalue weighted by Crippen LogP contribution is -2.39. The molecule has 90 valence electrons. The summed E-state index contributed by atoms with van der Waals surface area (Å²) in [6.07, 6.45) is -4.41. The van der Waals surface area contributed by atoms with Crippen LogP contribution >= 0.6 is 0 Å². The zero-order valence-corrected chi connectivity index (χ0v) is 8.67. The van der Waals surface area contributed by atoms with E-state index in [4.69, 9.17) is 5.84 Å². The van der Waals surface area contributed by atoms with E-state index in [1.54, 1.807) is 0 Å². The molecule has 1 aromatic carbocycles. The van der Waals surface area contributed by atoms with Crippen LogP contribution in [0.4, 0.5) is 13.2 Å². The summed E-state index contributed by atoms with van der Waals surface area (Å²) in [5.74, 6) is 5.04. The molecule has 0 heterocycles. The molecule has 1 rings (SSSR count). The molecule has 0 radical (unpaired) electrons. The Bertz CT molecular complexity index is 363. The van der Waals surface area contributed by atoms with Gasteiger partial charge in [0.1, 0.15) is 5.60 Å². The van der Waals surface area contributed by atoms with Gasteiger partial charge in [0.15, 0.2) is 0 Å². The second-order valence-corrected chi connectivity index (χ2v) is 3.73. The highest BCUT2D eigenvalue weighted by molar-refractivity contribution is 5.29. The third-order valence-corrected chi connectivity index (χ3v) is 2.26. The topological polar surface area (TPSA) is 58.3 Å². The molecule has 16 heavy (non-hydrogen) atoms. The first-order valence-electron chi connectivity index (χ1n) is 4.61. The van der Waals surface area contributed by atoms with Gasteiger partial charge >= 0.3 is 6.18 Å². The minimum Gasteiger partial charge on any atom is -0.384 e. The van der Waals surface area contributed by atoms with Crippen LogP contribution in [0.2, 0.25) is 0 Å². The van der Waals surface area contributed by atoms with Gasteiger partial charge in [-0.15, -0.1) is 0 Å². The zero-order chi connectivity index (χ0) is 12.4. The summed E-state index contributed by atoms with van der Waals surface area (Å²) in [7, 11) is 0. The second-order valence-electron chi connectivity index (χ2n) is 3.73. The molecule has 0 aliphatic rings. The van der Waals surface area contributed by atoms with E-state index >= 15 is 0 Å². The van der Waals surface area contributed by atoms with Crippen LogP contribution in [-0.2, 0) is 11.8 Å². The largest absolute Gasteiger partial charge is 0.416 e. The molecular weight excluding hydrogens is 221 g/mol. The number of halogens is 3. The lowest BCUT2D eigenvalue weighted by atomic mass is 9.94. The van der Waals surface area contributed by atoms with Gasteiger partial charge in [-0.05, 0) is 24.6 Å². The third-order valence-electron chi connectivity index (χ3n) is 2.26. The number of hydrogen-bond donors (Lipinski definition) is 3. The summed E-state index contributed by atoms with van der Waals surface area (Å²) < 4.78 is 37.3. The van der Waals surface area contributed by atoms with Crippen molar-refractivity contribution in [3.8, 4) is 0 Å². The average molecular weight is 234 g/mol. The molecule has 0 aromatic heterocycles. The van der Waals surface area contributed by atoms with E-state index in [1.165, 1.54) is 19.1 Å². The summed E-state index contributed by atoms with van der Waals surface area (Å²) in [5.41, 5.74) is 0.176. The summed E-state index contributed by atoms with van der Waals surface area (Å²) in [5, 5.41) is 9.87. The highest BCUT2D eigenvalue weighted by Gasteiger charge is 2.32.